The van der Waals surface area contributed by atoms with E-state index in [1.807, 2.05) is 0 Å². The Balaban J connectivity index is 3.49. The van der Waals surface area contributed by atoms with E-state index in [0.29, 0.717) is 13.0 Å². The van der Waals surface area contributed by atoms with Crippen molar-refractivity contribution in [3.05, 3.63) is 122 Å². The molecule has 0 saturated heterocycles. The largest absolute Gasteiger partial charge is 0.457 e. The Bertz CT molecular complexity index is 1240. The first kappa shape index (κ1) is 59.8. The summed E-state index contributed by atoms with van der Waals surface area (Å²) < 4.78 is 11.2. The van der Waals surface area contributed by atoms with Crippen LogP contribution in [-0.2, 0) is 14.3 Å². The molecule has 0 amide bonds. The third-order valence-electron chi connectivity index (χ3n) is 10.8. The van der Waals surface area contributed by atoms with Crippen molar-refractivity contribution in [2.45, 2.75) is 225 Å². The fourth-order valence-electron chi connectivity index (χ4n) is 6.97. The first-order chi connectivity index (χ1) is 31.2. The van der Waals surface area contributed by atoms with Gasteiger partial charge in [0.2, 0.25) is 0 Å². The summed E-state index contributed by atoms with van der Waals surface area (Å²) in [5.74, 6) is -0.213. The molecule has 0 aromatic carbocycles. The van der Waals surface area contributed by atoms with Crippen molar-refractivity contribution < 1.29 is 19.4 Å². The first-order valence-corrected chi connectivity index (χ1v) is 26.1. The maximum absolute atomic E-state index is 12.3. The molecule has 4 nitrogen and oxygen atoms in total. The van der Waals surface area contributed by atoms with Gasteiger partial charge in [-0.25, -0.2) is 0 Å². The lowest BCUT2D eigenvalue weighted by Gasteiger charge is -2.16. The Morgan fingerprint density at radius 1 is 0.381 bits per heavy atom. The Labute approximate surface area is 390 Å². The molecule has 1 atom stereocenters. The van der Waals surface area contributed by atoms with Crippen molar-refractivity contribution >= 4 is 5.97 Å². The van der Waals surface area contributed by atoms with E-state index in [1.54, 1.807) is 0 Å². The minimum Gasteiger partial charge on any atom is -0.457 e. The second-order valence-corrected chi connectivity index (χ2v) is 16.8. The second kappa shape index (κ2) is 54.9. The van der Waals surface area contributed by atoms with Gasteiger partial charge >= 0.3 is 5.97 Å². The van der Waals surface area contributed by atoms with Crippen molar-refractivity contribution in [1.29, 1.82) is 0 Å². The van der Waals surface area contributed by atoms with Crippen molar-refractivity contribution in [2.24, 2.45) is 0 Å². The number of ether oxygens (including phenoxy) is 2. The molecule has 1 unspecified atom stereocenters. The molecule has 0 radical (unpaired) electrons. The van der Waals surface area contributed by atoms with E-state index >= 15 is 0 Å². The molecule has 0 aromatic heterocycles. The van der Waals surface area contributed by atoms with Gasteiger partial charge in [0.05, 0.1) is 13.2 Å². The number of esters is 1. The lowest BCUT2D eigenvalue weighted by atomic mass is 10.1. The summed E-state index contributed by atoms with van der Waals surface area (Å²) in [6.45, 7) is 5.10. The highest BCUT2D eigenvalue weighted by Crippen LogP contribution is 2.14. The number of aliphatic hydroxyl groups excluding tert-OH is 1. The van der Waals surface area contributed by atoms with Crippen LogP contribution in [0.2, 0.25) is 0 Å². The molecule has 0 aliphatic rings. The summed E-state index contributed by atoms with van der Waals surface area (Å²) in [6.07, 6.45) is 81.4. The van der Waals surface area contributed by atoms with Crippen molar-refractivity contribution in [1.82, 2.24) is 0 Å². The second-order valence-electron chi connectivity index (χ2n) is 16.8. The summed E-state index contributed by atoms with van der Waals surface area (Å²) in [7, 11) is 0. The summed E-state index contributed by atoms with van der Waals surface area (Å²) in [5, 5.41) is 9.67. The van der Waals surface area contributed by atoms with Crippen LogP contribution >= 0.6 is 0 Å². The van der Waals surface area contributed by atoms with Crippen LogP contribution in [0.5, 0.6) is 0 Å². The molecule has 4 heteroatoms. The zero-order chi connectivity index (χ0) is 45.5. The number of hydrogen-bond donors (Lipinski definition) is 1. The molecule has 0 rings (SSSR count). The molecule has 1 N–H and O–H groups in total. The summed E-state index contributed by atoms with van der Waals surface area (Å²) in [4.78, 5) is 12.3. The molecular formula is C59H98O4. The van der Waals surface area contributed by atoms with Gasteiger partial charge in [0.1, 0.15) is 6.10 Å². The van der Waals surface area contributed by atoms with Crippen LogP contribution in [0.15, 0.2) is 122 Å². The van der Waals surface area contributed by atoms with E-state index < -0.39 is 6.10 Å². The van der Waals surface area contributed by atoms with Gasteiger partial charge in [0.15, 0.2) is 0 Å². The number of aliphatic hydroxyl groups is 1. The molecule has 0 aromatic rings. The summed E-state index contributed by atoms with van der Waals surface area (Å²) >= 11 is 0. The first-order valence-electron chi connectivity index (χ1n) is 26.1. The Hall–Kier alpha value is -3.21. The molecular weight excluding hydrogens is 773 g/mol. The van der Waals surface area contributed by atoms with E-state index in [2.05, 4.69) is 135 Å². The van der Waals surface area contributed by atoms with E-state index in [9.17, 15) is 9.90 Å². The van der Waals surface area contributed by atoms with Crippen LogP contribution in [0.4, 0.5) is 0 Å². The highest BCUT2D eigenvalue weighted by Gasteiger charge is 2.13. The van der Waals surface area contributed by atoms with Gasteiger partial charge in [-0.05, 0) is 103 Å². The van der Waals surface area contributed by atoms with E-state index in [-0.39, 0.29) is 19.2 Å². The SMILES string of the molecule is CC/C=C\C/C=C\C/C=C\C/C=C\C/C=C\CCCCCCCCCCCCOCC(CO)OC(=O)CCCCCCCCCCC/C=C\C/C=C\C/C=C\C/C=C\C/C=C\CC. The van der Waals surface area contributed by atoms with Crippen LogP contribution in [-0.4, -0.2) is 37.0 Å². The smallest absolute Gasteiger partial charge is 0.306 e. The van der Waals surface area contributed by atoms with Crippen LogP contribution in [0, 0.1) is 0 Å². The van der Waals surface area contributed by atoms with Gasteiger partial charge in [-0.1, -0.05) is 232 Å². The molecule has 0 bridgehead atoms. The number of allylic oxidation sites excluding steroid dienone is 20. The van der Waals surface area contributed by atoms with E-state index in [1.165, 1.54) is 116 Å². The number of carbonyl (C=O) groups excluding carboxylic acids is 1. The minimum absolute atomic E-state index is 0.183. The lowest BCUT2D eigenvalue weighted by molar-refractivity contribution is -0.154. The molecule has 0 aliphatic heterocycles. The summed E-state index contributed by atoms with van der Waals surface area (Å²) in [6, 6.07) is 0. The van der Waals surface area contributed by atoms with Crippen LogP contribution in [0.25, 0.3) is 0 Å². The number of hydrogen-bond acceptors (Lipinski definition) is 4. The molecule has 63 heavy (non-hydrogen) atoms. The van der Waals surface area contributed by atoms with Gasteiger partial charge < -0.3 is 14.6 Å². The standard InChI is InChI=1S/C59H98O4/c1-3-5-7-9-11-13-15-17-19-21-23-25-27-29-31-33-35-37-39-41-43-45-47-49-51-53-55-62-57-58(56-60)63-59(61)54-52-50-48-46-44-42-40-38-36-34-32-30-28-26-24-22-20-18-16-14-12-10-8-6-4-2/h5-8,11-14,17-20,23-26,29-32,58,60H,3-4,9-10,15-16,21-22,27-28,33-57H2,1-2H3/b7-5-,8-6-,13-11-,14-12-,19-17-,20-18-,25-23-,26-24-,31-29-,32-30-. The molecule has 0 aliphatic carbocycles. The van der Waals surface area contributed by atoms with Gasteiger partial charge in [0.25, 0.3) is 0 Å². The van der Waals surface area contributed by atoms with Gasteiger partial charge in [0, 0.05) is 13.0 Å². The Morgan fingerprint density at radius 2 is 0.667 bits per heavy atom. The minimum atomic E-state index is -0.550. The van der Waals surface area contributed by atoms with Gasteiger partial charge in [-0.15, -0.1) is 0 Å². The molecule has 0 heterocycles. The zero-order valence-corrected chi connectivity index (χ0v) is 41.0. The fourth-order valence-corrected chi connectivity index (χ4v) is 6.97. The van der Waals surface area contributed by atoms with Crippen LogP contribution < -0.4 is 0 Å². The van der Waals surface area contributed by atoms with Gasteiger partial charge in [-0.2, -0.15) is 0 Å². The van der Waals surface area contributed by atoms with Crippen molar-refractivity contribution in [2.75, 3.05) is 19.8 Å². The summed E-state index contributed by atoms with van der Waals surface area (Å²) in [5.41, 5.74) is 0. The van der Waals surface area contributed by atoms with Gasteiger partial charge in [-0.3, -0.25) is 4.79 Å². The average molecular weight is 871 g/mol. The Morgan fingerprint density at radius 3 is 1.00 bits per heavy atom. The third kappa shape index (κ3) is 53.0. The Kier molecular flexibility index (Phi) is 52.1. The number of unbranched alkanes of at least 4 members (excludes halogenated alkanes) is 19. The average Bonchev–Trinajstić information content (AvgIpc) is 3.29. The zero-order valence-electron chi connectivity index (χ0n) is 41.0. The molecule has 0 saturated carbocycles. The fraction of sp³-hybridized carbons (Fsp3) is 0.644. The van der Waals surface area contributed by atoms with E-state index in [4.69, 9.17) is 9.47 Å². The van der Waals surface area contributed by atoms with Crippen molar-refractivity contribution in [3.63, 3.8) is 0 Å². The van der Waals surface area contributed by atoms with E-state index in [0.717, 1.165) is 83.5 Å². The highest BCUT2D eigenvalue weighted by atomic mass is 16.6. The third-order valence-corrected chi connectivity index (χ3v) is 10.8. The predicted octanol–water partition coefficient (Wildman–Crippen LogP) is 18.0. The number of carbonyl (C=O) groups is 1. The predicted molar refractivity (Wildman–Crippen MR) is 278 cm³/mol. The quantitative estimate of drug-likeness (QED) is 0.0376. The molecule has 0 fully saturated rings. The number of rotatable bonds is 47. The normalized spacial score (nSPS) is 13.4. The van der Waals surface area contributed by atoms with Crippen LogP contribution in [0.3, 0.4) is 0 Å². The van der Waals surface area contributed by atoms with Crippen LogP contribution in [0.1, 0.15) is 219 Å². The molecule has 0 spiro atoms. The molecule has 358 valence electrons. The maximum atomic E-state index is 12.3. The lowest BCUT2D eigenvalue weighted by Crippen LogP contribution is -2.27. The van der Waals surface area contributed by atoms with Crippen molar-refractivity contribution in [3.8, 4) is 0 Å². The maximum Gasteiger partial charge on any atom is 0.306 e. The monoisotopic (exact) mass is 871 g/mol. The topological polar surface area (TPSA) is 55.8 Å². The highest BCUT2D eigenvalue weighted by molar-refractivity contribution is 5.69.